The fourth-order valence-corrected chi connectivity index (χ4v) is 3.44. The van der Waals surface area contributed by atoms with Crippen LogP contribution >= 0.6 is 0 Å². The first-order valence-electron chi connectivity index (χ1n) is 10.8. The van der Waals surface area contributed by atoms with E-state index in [4.69, 9.17) is 9.15 Å². The Morgan fingerprint density at radius 3 is 2.62 bits per heavy atom. The average molecular weight is 401 g/mol. The number of hydrogen-bond donors (Lipinski definition) is 1. The van der Waals surface area contributed by atoms with Crippen molar-refractivity contribution in [2.45, 2.75) is 78.2 Å². The molecule has 2 heterocycles. The summed E-state index contributed by atoms with van der Waals surface area (Å²) in [6, 6.07) is 2.02. The van der Waals surface area contributed by atoms with E-state index in [9.17, 15) is 9.90 Å². The van der Waals surface area contributed by atoms with E-state index in [1.807, 2.05) is 12.3 Å². The molecule has 160 valence electrons. The van der Waals surface area contributed by atoms with E-state index >= 15 is 0 Å². The van der Waals surface area contributed by atoms with Gasteiger partial charge in [0, 0.05) is 0 Å². The first-order valence-corrected chi connectivity index (χ1v) is 10.8. The number of carbonyl (C=O) groups is 1. The molecule has 0 amide bonds. The van der Waals surface area contributed by atoms with Gasteiger partial charge < -0.3 is 14.3 Å². The number of hydrogen-bond acceptors (Lipinski definition) is 4. The minimum atomic E-state index is -0.608. The monoisotopic (exact) mass is 400 g/mol. The van der Waals surface area contributed by atoms with E-state index in [1.54, 1.807) is 13.2 Å². The van der Waals surface area contributed by atoms with Crippen molar-refractivity contribution in [3.05, 3.63) is 59.1 Å². The summed E-state index contributed by atoms with van der Waals surface area (Å²) < 4.78 is 10.4. The minimum absolute atomic E-state index is 0.299. The van der Waals surface area contributed by atoms with Crippen molar-refractivity contribution in [1.29, 1.82) is 0 Å². The number of allylic oxidation sites excluding steroid dienone is 5. The van der Waals surface area contributed by atoms with Crippen LogP contribution in [0, 0.1) is 5.92 Å². The molecule has 2 rings (SSSR count). The van der Waals surface area contributed by atoms with Gasteiger partial charge in [0.1, 0.15) is 6.61 Å². The standard InChI is InChI=1S/C25H36O4/c1-19(7-4-8-20(2)10-6-12-23-15-16-28-17-23)9-5-11-22-13-14-24(26)21(3)25(27)29-18-22/h7,10-11,15-17,21,24,26H,4-6,8-9,12-14,18H2,1-3H3/t21-,24-/m0/s1. The third-order valence-electron chi connectivity index (χ3n) is 5.62. The number of esters is 1. The van der Waals surface area contributed by atoms with E-state index in [-0.39, 0.29) is 5.97 Å². The van der Waals surface area contributed by atoms with Crippen LogP contribution in [0.4, 0.5) is 0 Å². The molecule has 1 aliphatic heterocycles. The molecule has 0 aromatic carbocycles. The molecule has 1 N–H and O–H groups in total. The van der Waals surface area contributed by atoms with Gasteiger partial charge in [-0.2, -0.15) is 0 Å². The number of furan rings is 1. The van der Waals surface area contributed by atoms with Crippen molar-refractivity contribution in [2.24, 2.45) is 5.92 Å². The second-order valence-corrected chi connectivity index (χ2v) is 8.21. The number of carbonyl (C=O) groups excluding carboxylic acids is 1. The molecule has 29 heavy (non-hydrogen) atoms. The van der Waals surface area contributed by atoms with E-state index in [2.05, 4.69) is 32.1 Å². The molecular formula is C25H36O4. The lowest BCUT2D eigenvalue weighted by molar-refractivity contribution is -0.151. The van der Waals surface area contributed by atoms with Crippen LogP contribution in [-0.2, 0) is 16.0 Å². The number of aryl methyl sites for hydroxylation is 1. The fourth-order valence-electron chi connectivity index (χ4n) is 3.44. The number of aliphatic hydroxyl groups is 1. The molecule has 1 aromatic heterocycles. The Balaban J connectivity index is 1.67. The summed E-state index contributed by atoms with van der Waals surface area (Å²) in [4.78, 5) is 11.8. The zero-order valence-corrected chi connectivity index (χ0v) is 18.2. The van der Waals surface area contributed by atoms with Gasteiger partial charge in [0.05, 0.1) is 24.5 Å². The van der Waals surface area contributed by atoms with Crippen LogP contribution < -0.4 is 0 Å². The topological polar surface area (TPSA) is 59.7 Å². The summed E-state index contributed by atoms with van der Waals surface area (Å²) in [5, 5.41) is 9.98. The zero-order valence-electron chi connectivity index (χ0n) is 18.2. The quantitative estimate of drug-likeness (QED) is 0.412. The minimum Gasteiger partial charge on any atom is -0.472 e. The van der Waals surface area contributed by atoms with Gasteiger partial charge in [0.25, 0.3) is 0 Å². The predicted octanol–water partition coefficient (Wildman–Crippen LogP) is 5.93. The first kappa shape index (κ1) is 23.2. The van der Waals surface area contributed by atoms with E-state index in [0.717, 1.165) is 50.5 Å². The third kappa shape index (κ3) is 8.86. The largest absolute Gasteiger partial charge is 0.472 e. The molecule has 0 radical (unpaired) electrons. The van der Waals surface area contributed by atoms with Crippen molar-refractivity contribution < 1.29 is 19.1 Å². The summed E-state index contributed by atoms with van der Waals surface area (Å²) in [5.41, 5.74) is 5.20. The summed E-state index contributed by atoms with van der Waals surface area (Å²) in [5.74, 6) is -0.725. The fraction of sp³-hybridized carbons (Fsp3) is 0.560. The van der Waals surface area contributed by atoms with Crippen LogP contribution in [0.3, 0.4) is 0 Å². The molecule has 0 aliphatic carbocycles. The highest BCUT2D eigenvalue weighted by molar-refractivity contribution is 5.73. The average Bonchev–Trinajstić information content (AvgIpc) is 3.21. The normalized spacial score (nSPS) is 23.0. The second-order valence-electron chi connectivity index (χ2n) is 8.21. The van der Waals surface area contributed by atoms with Crippen LogP contribution in [0.25, 0.3) is 0 Å². The molecule has 4 nitrogen and oxygen atoms in total. The van der Waals surface area contributed by atoms with Crippen LogP contribution in [0.2, 0.25) is 0 Å². The molecule has 0 spiro atoms. The molecular weight excluding hydrogens is 364 g/mol. The van der Waals surface area contributed by atoms with E-state index in [0.29, 0.717) is 13.0 Å². The lowest BCUT2D eigenvalue weighted by Gasteiger charge is -2.22. The summed E-state index contributed by atoms with van der Waals surface area (Å²) >= 11 is 0. The third-order valence-corrected chi connectivity index (χ3v) is 5.62. The predicted molar refractivity (Wildman–Crippen MR) is 116 cm³/mol. The Kier molecular flexibility index (Phi) is 9.99. The van der Waals surface area contributed by atoms with Gasteiger partial charge in [-0.05, 0) is 89.3 Å². The maximum absolute atomic E-state index is 11.8. The van der Waals surface area contributed by atoms with Gasteiger partial charge in [-0.1, -0.05) is 29.4 Å². The molecule has 1 fully saturated rings. The van der Waals surface area contributed by atoms with Crippen molar-refractivity contribution in [3.8, 4) is 0 Å². The summed E-state index contributed by atoms with van der Waals surface area (Å²) in [7, 11) is 0. The zero-order chi connectivity index (χ0) is 21.1. The molecule has 2 atom stereocenters. The highest BCUT2D eigenvalue weighted by Crippen LogP contribution is 2.20. The molecule has 1 aliphatic rings. The van der Waals surface area contributed by atoms with Gasteiger partial charge in [0.2, 0.25) is 0 Å². The van der Waals surface area contributed by atoms with Crippen LogP contribution in [-0.4, -0.2) is 23.8 Å². The second kappa shape index (κ2) is 12.5. The Labute approximate surface area is 175 Å². The van der Waals surface area contributed by atoms with Gasteiger partial charge in [-0.15, -0.1) is 0 Å². The maximum Gasteiger partial charge on any atom is 0.311 e. The Hall–Kier alpha value is -2.07. The lowest BCUT2D eigenvalue weighted by atomic mass is 9.96. The van der Waals surface area contributed by atoms with Crippen LogP contribution in [0.5, 0.6) is 0 Å². The lowest BCUT2D eigenvalue weighted by Crippen LogP contribution is -2.30. The molecule has 0 bridgehead atoms. The molecule has 0 unspecified atom stereocenters. The van der Waals surface area contributed by atoms with Gasteiger partial charge in [-0.3, -0.25) is 4.79 Å². The highest BCUT2D eigenvalue weighted by Gasteiger charge is 2.25. The molecule has 4 heteroatoms. The van der Waals surface area contributed by atoms with Gasteiger partial charge >= 0.3 is 5.97 Å². The Bertz CT molecular complexity index is 709. The van der Waals surface area contributed by atoms with Crippen LogP contribution in [0.1, 0.15) is 71.3 Å². The first-order chi connectivity index (χ1) is 14.0. The number of cyclic esters (lactones) is 1. The Morgan fingerprint density at radius 2 is 1.90 bits per heavy atom. The molecule has 0 saturated carbocycles. The van der Waals surface area contributed by atoms with Gasteiger partial charge in [0.15, 0.2) is 0 Å². The highest BCUT2D eigenvalue weighted by atomic mass is 16.5. The van der Waals surface area contributed by atoms with Crippen molar-refractivity contribution in [1.82, 2.24) is 0 Å². The molecule has 1 saturated heterocycles. The van der Waals surface area contributed by atoms with Gasteiger partial charge in [-0.25, -0.2) is 0 Å². The SMILES string of the molecule is CC(=CCCC(C)=CCCc1ccoc1)CCC=C1CC[C@H](O)[C@H](C)C(=O)OC1. The number of ether oxygens (including phenoxy) is 1. The molecule has 1 aromatic rings. The Morgan fingerprint density at radius 1 is 1.17 bits per heavy atom. The van der Waals surface area contributed by atoms with E-state index in [1.165, 1.54) is 16.7 Å². The summed E-state index contributed by atoms with van der Waals surface area (Å²) in [6.45, 7) is 6.47. The van der Waals surface area contributed by atoms with Crippen molar-refractivity contribution in [3.63, 3.8) is 0 Å². The number of rotatable bonds is 9. The smallest absolute Gasteiger partial charge is 0.311 e. The number of aliphatic hydroxyl groups excluding tert-OH is 1. The van der Waals surface area contributed by atoms with Crippen molar-refractivity contribution in [2.75, 3.05) is 6.61 Å². The van der Waals surface area contributed by atoms with E-state index < -0.39 is 12.0 Å². The van der Waals surface area contributed by atoms with Crippen molar-refractivity contribution >= 4 is 5.97 Å². The maximum atomic E-state index is 11.8. The summed E-state index contributed by atoms with van der Waals surface area (Å²) in [6.07, 6.45) is 17.4. The van der Waals surface area contributed by atoms with Crippen LogP contribution in [0.15, 0.2) is 58.0 Å².